The van der Waals surface area contributed by atoms with E-state index in [2.05, 4.69) is 6.92 Å². The van der Waals surface area contributed by atoms with Crippen molar-refractivity contribution in [3.05, 3.63) is 5.92 Å². The molecule has 277 valence electrons. The Balaban J connectivity index is -0.0000000158. The monoisotopic (exact) mass is 727 g/mol. The van der Waals surface area contributed by atoms with Gasteiger partial charge in [0.2, 0.25) is 5.92 Å². The van der Waals surface area contributed by atoms with Crippen LogP contribution in [0.5, 0.6) is 0 Å². The summed E-state index contributed by atoms with van der Waals surface area (Å²) in [6.07, 6.45) is 6.10. The largest absolute Gasteiger partial charge is 0.309 e. The van der Waals surface area contributed by atoms with Crippen LogP contribution in [0.1, 0.15) is 158 Å². The summed E-state index contributed by atoms with van der Waals surface area (Å²) in [5.74, 6) is -1.56. The molecule has 0 aromatic heterocycles. The van der Waals surface area contributed by atoms with E-state index in [9.17, 15) is 39.5 Å². The summed E-state index contributed by atoms with van der Waals surface area (Å²) >= 11 is 0. The third-order valence-electron chi connectivity index (χ3n) is 2.78. The fourth-order valence-corrected chi connectivity index (χ4v) is 1.42. The van der Waals surface area contributed by atoms with E-state index in [1.165, 1.54) is 27.7 Å². The van der Waals surface area contributed by atoms with Gasteiger partial charge in [0.1, 0.15) is 0 Å². The van der Waals surface area contributed by atoms with Crippen LogP contribution < -0.4 is 0 Å². The third-order valence-corrected chi connectivity index (χ3v) is 2.78. The van der Waals surface area contributed by atoms with Crippen LogP contribution in [0.15, 0.2) is 0 Å². The second-order valence-electron chi connectivity index (χ2n) is 6.21. The Kier molecular flexibility index (Phi) is 284. The minimum absolute atomic E-state index is 0. The summed E-state index contributed by atoms with van der Waals surface area (Å²) in [6.45, 7) is 13.4. The molecule has 0 aromatic carbocycles. The molecule has 0 saturated heterocycles. The smallest absolute Gasteiger partial charge is 0.219 e. The molecule has 0 aliphatic rings. The van der Waals surface area contributed by atoms with E-state index < -0.39 is 5.92 Å². The van der Waals surface area contributed by atoms with Crippen molar-refractivity contribution < 1.29 is 72.2 Å². The number of halogens is 9. The van der Waals surface area contributed by atoms with Gasteiger partial charge in [-0.05, 0) is 47.5 Å². The van der Waals surface area contributed by atoms with Gasteiger partial charge >= 0.3 is 0 Å². The van der Waals surface area contributed by atoms with Gasteiger partial charge in [-0.15, -0.1) is 6.42 Å². The van der Waals surface area contributed by atoms with Crippen LogP contribution in [0.4, 0.5) is 39.5 Å². The van der Waals surface area contributed by atoms with E-state index in [0.717, 1.165) is 57.8 Å². The van der Waals surface area contributed by atoms with Crippen LogP contribution in [0, 0.1) is 5.92 Å². The van der Waals surface area contributed by atoms with E-state index in [1.54, 1.807) is 0 Å². The number of hydrogen-bond acceptors (Lipinski definition) is 0. The second kappa shape index (κ2) is 123. The van der Waals surface area contributed by atoms with Crippen molar-refractivity contribution in [3.63, 3.8) is 0 Å². The number of rotatable bonds is 9. The Bertz CT molecular complexity index is 219. The quantitative estimate of drug-likeness (QED) is 0.126. The number of alkyl halides is 9. The van der Waals surface area contributed by atoms with E-state index >= 15 is 0 Å². The Morgan fingerprint density at radius 1 is 0.476 bits per heavy atom. The fourth-order valence-electron chi connectivity index (χ4n) is 1.42. The molecular formula is C32H82F9Y-. The van der Waals surface area contributed by atoms with Crippen LogP contribution >= 0.6 is 0 Å². The van der Waals surface area contributed by atoms with E-state index in [1.807, 2.05) is 20.8 Å². The minimum Gasteiger partial charge on any atom is -0.309 e. The second-order valence-corrected chi connectivity index (χ2v) is 6.21. The normalized spacial score (nSPS) is 7.14. The van der Waals surface area contributed by atoms with Gasteiger partial charge in [0.05, 0.1) is 47.2 Å². The molecule has 0 nitrogen and oxygen atoms in total. The maximum Gasteiger partial charge on any atom is 0.219 e. The van der Waals surface area contributed by atoms with Crippen molar-refractivity contribution in [2.75, 3.05) is 47.2 Å². The van der Waals surface area contributed by atoms with Crippen molar-refractivity contribution in [3.8, 4) is 0 Å². The van der Waals surface area contributed by atoms with Gasteiger partial charge in [0, 0.05) is 32.7 Å². The molecule has 0 unspecified atom stereocenters. The van der Waals surface area contributed by atoms with Crippen LogP contribution in [0.25, 0.3) is 0 Å². The Morgan fingerprint density at radius 2 is 0.690 bits per heavy atom. The molecule has 0 aromatic rings. The molecule has 0 saturated carbocycles. The van der Waals surface area contributed by atoms with Gasteiger partial charge in [-0.1, -0.05) is 91.5 Å². The molecular weight excluding hydrogens is 644 g/mol. The molecule has 10 heteroatoms. The molecule has 0 atom stereocenters. The van der Waals surface area contributed by atoms with Gasteiger partial charge in [0.15, 0.2) is 0 Å². The first-order valence-corrected chi connectivity index (χ1v) is 12.4. The predicted molar refractivity (Wildman–Crippen MR) is 179 cm³/mol. The molecule has 0 amide bonds. The van der Waals surface area contributed by atoms with Gasteiger partial charge in [-0.25, -0.2) is 8.78 Å². The fraction of sp³-hybridized carbons (Fsp3) is 0.969. The van der Waals surface area contributed by atoms with Gasteiger partial charge in [0.25, 0.3) is 0 Å². The zero-order valence-electron chi connectivity index (χ0n) is 24.9. The summed E-state index contributed by atoms with van der Waals surface area (Å²) in [7, 11) is 0.500. The van der Waals surface area contributed by atoms with E-state index in [0.29, 0.717) is 7.18 Å². The van der Waals surface area contributed by atoms with Crippen molar-refractivity contribution in [1.29, 1.82) is 0 Å². The first kappa shape index (κ1) is 96.8. The molecule has 1 radical (unpaired) electrons. The maximum atomic E-state index is 12.3. The summed E-state index contributed by atoms with van der Waals surface area (Å²) in [6, 6.07) is 0. The SMILES string of the molecule is C.C.C.C.C.C.CCCCCF.CCCCF.CCF.CCF.CCF.CCF.CC[C-](CC)CC(C)(F)F.CF.[Y]. The van der Waals surface area contributed by atoms with Gasteiger partial charge in [-0.3, -0.25) is 30.7 Å². The first-order valence-electron chi connectivity index (χ1n) is 12.4. The van der Waals surface area contributed by atoms with E-state index in [-0.39, 0.29) is 124 Å². The Morgan fingerprint density at radius 3 is 0.738 bits per heavy atom. The zero-order valence-corrected chi connectivity index (χ0v) is 27.7. The molecule has 0 aliphatic heterocycles. The number of unbranched alkanes of at least 4 members (excludes halogenated alkanes) is 3. The van der Waals surface area contributed by atoms with Gasteiger partial charge in [-0.2, -0.15) is 12.8 Å². The average Bonchev–Trinajstić information content (AvgIpc) is 2.80. The van der Waals surface area contributed by atoms with Crippen LogP contribution in [-0.4, -0.2) is 53.1 Å². The minimum atomic E-state index is -2.51. The summed E-state index contributed by atoms with van der Waals surface area (Å²) < 4.78 is 97.5. The molecule has 0 spiro atoms. The predicted octanol–water partition coefficient (Wildman–Crippen LogP) is 15.6. The third kappa shape index (κ3) is 301. The molecule has 0 aliphatic carbocycles. The van der Waals surface area contributed by atoms with E-state index in [4.69, 9.17) is 0 Å². The number of hydrogen-bond donors (Lipinski definition) is 0. The van der Waals surface area contributed by atoms with Gasteiger partial charge < -0.3 is 5.92 Å². The first-order chi connectivity index (χ1) is 16.5. The Labute approximate surface area is 288 Å². The average molecular weight is 727 g/mol. The topological polar surface area (TPSA) is 0 Å². The molecule has 42 heavy (non-hydrogen) atoms. The summed E-state index contributed by atoms with van der Waals surface area (Å²) in [4.78, 5) is 0. The van der Waals surface area contributed by atoms with Crippen LogP contribution in [0.2, 0.25) is 0 Å². The van der Waals surface area contributed by atoms with Crippen molar-refractivity contribution in [2.24, 2.45) is 0 Å². The van der Waals surface area contributed by atoms with Crippen molar-refractivity contribution >= 4 is 0 Å². The van der Waals surface area contributed by atoms with Crippen LogP contribution in [-0.2, 0) is 32.7 Å². The molecule has 0 fully saturated rings. The Hall–Kier alpha value is 0.474. The van der Waals surface area contributed by atoms with Crippen LogP contribution in [0.3, 0.4) is 0 Å². The molecule has 0 rings (SSSR count). The van der Waals surface area contributed by atoms with Crippen molar-refractivity contribution in [1.82, 2.24) is 0 Å². The standard InChI is InChI=1S/C8H15F2.C5H11F.C4H9F.4C2H5F.CH3F.6CH4.Y/c1-4-7(5-2)6-8(3,9)10;1-2-3-4-5-6;1-2-3-4-5;4*1-2-3;1-2;;;;;;;/h4-6H2,1-3H3;2-5H2,1H3;2-4H2,1H3;4*2H2,1H3;1H3;6*1H4;/q-1;;;;;;;;;;;;;;. The summed E-state index contributed by atoms with van der Waals surface area (Å²) in [5.41, 5.74) is 0. The van der Waals surface area contributed by atoms with Crippen molar-refractivity contribution in [2.45, 2.75) is 164 Å². The summed E-state index contributed by atoms with van der Waals surface area (Å²) in [5, 5.41) is 0. The maximum absolute atomic E-state index is 12.3. The molecule has 0 bridgehead atoms. The zero-order chi connectivity index (χ0) is 30.0. The molecule has 0 heterocycles. The molecule has 0 N–H and O–H groups in total.